The number of benzene rings is 1. The molecule has 3 atom stereocenters. The Morgan fingerprint density at radius 1 is 1.15 bits per heavy atom. The summed E-state index contributed by atoms with van der Waals surface area (Å²) in [5.74, 6) is -0.150. The minimum Gasteiger partial charge on any atom is -0.391 e. The van der Waals surface area contributed by atoms with Crippen molar-refractivity contribution in [1.29, 1.82) is 0 Å². The molecule has 40 heavy (non-hydrogen) atoms. The second-order valence-corrected chi connectivity index (χ2v) is 12.8. The summed E-state index contributed by atoms with van der Waals surface area (Å²) in [4.78, 5) is 47.4. The van der Waals surface area contributed by atoms with Crippen molar-refractivity contribution in [2.45, 2.75) is 97.9 Å². The third-order valence-electron chi connectivity index (χ3n) is 8.61. The molecule has 0 radical (unpaired) electrons. The number of rotatable bonds is 12. The first kappa shape index (κ1) is 30.2. The van der Waals surface area contributed by atoms with Crippen molar-refractivity contribution in [2.24, 2.45) is 17.3 Å². The van der Waals surface area contributed by atoms with E-state index in [1.165, 1.54) is 4.90 Å². The normalized spacial score (nSPS) is 20.6. The molecule has 8 nitrogen and oxygen atoms in total. The van der Waals surface area contributed by atoms with E-state index in [4.69, 9.17) is 0 Å². The quantitative estimate of drug-likeness (QED) is 0.351. The van der Waals surface area contributed by atoms with Crippen molar-refractivity contribution in [3.63, 3.8) is 0 Å². The third-order valence-corrected chi connectivity index (χ3v) is 9.59. The number of β-amino-alcohol motifs (C(OH)–C–C–N with tert-alkyl or cyclic N) is 1. The molecule has 9 heteroatoms. The van der Waals surface area contributed by atoms with Crippen LogP contribution in [-0.4, -0.2) is 57.4 Å². The molecule has 1 aliphatic heterocycles. The molecule has 0 bridgehead atoms. The Morgan fingerprint density at radius 3 is 2.38 bits per heavy atom. The predicted octanol–water partition coefficient (Wildman–Crippen LogP) is 4.44. The summed E-state index contributed by atoms with van der Waals surface area (Å²) in [7, 11) is 0. The second kappa shape index (κ2) is 12.8. The van der Waals surface area contributed by atoms with Gasteiger partial charge < -0.3 is 20.6 Å². The lowest BCUT2D eigenvalue weighted by Crippen LogP contribution is -2.55. The Bertz CT molecular complexity index is 1190. The average Bonchev–Trinajstić information content (AvgIpc) is 3.46. The Morgan fingerprint density at radius 2 is 1.82 bits per heavy atom. The molecule has 3 amide bonds. The molecule has 3 N–H and O–H groups in total. The largest absolute Gasteiger partial charge is 0.391 e. The van der Waals surface area contributed by atoms with Crippen LogP contribution in [0.15, 0.2) is 29.8 Å². The van der Waals surface area contributed by atoms with E-state index in [-0.39, 0.29) is 42.0 Å². The fraction of sp³-hybridized carbons (Fsp3) is 0.613. The summed E-state index contributed by atoms with van der Waals surface area (Å²) in [6.07, 6.45) is 3.45. The smallest absolute Gasteiger partial charge is 0.245 e. The van der Waals surface area contributed by atoms with E-state index in [0.29, 0.717) is 18.9 Å². The van der Waals surface area contributed by atoms with Crippen molar-refractivity contribution < 1.29 is 19.5 Å². The van der Waals surface area contributed by atoms with E-state index >= 15 is 0 Å². The molecule has 0 spiro atoms. The molecule has 2 aliphatic rings. The molecule has 4 rings (SSSR count). The molecule has 1 aromatic carbocycles. The van der Waals surface area contributed by atoms with Crippen molar-refractivity contribution in [1.82, 2.24) is 20.5 Å². The molecule has 1 saturated carbocycles. The van der Waals surface area contributed by atoms with Crippen LogP contribution in [0, 0.1) is 24.2 Å². The number of aromatic nitrogens is 1. The van der Waals surface area contributed by atoms with Crippen LogP contribution in [-0.2, 0) is 20.9 Å². The minimum atomic E-state index is -0.781. The van der Waals surface area contributed by atoms with E-state index in [1.807, 2.05) is 50.5 Å². The molecule has 1 saturated heterocycles. The number of amides is 3. The van der Waals surface area contributed by atoms with Crippen LogP contribution in [0.3, 0.4) is 0 Å². The number of aliphatic hydroxyl groups is 1. The maximum absolute atomic E-state index is 13.8. The van der Waals surface area contributed by atoms with Crippen LogP contribution in [0.2, 0.25) is 0 Å². The van der Waals surface area contributed by atoms with Crippen LogP contribution in [0.5, 0.6) is 0 Å². The first-order valence-corrected chi connectivity index (χ1v) is 15.5. The number of thiazole rings is 1. The van der Waals surface area contributed by atoms with Gasteiger partial charge in [-0.2, -0.15) is 0 Å². The van der Waals surface area contributed by atoms with Crippen LogP contribution in [0.1, 0.15) is 77.5 Å². The lowest BCUT2D eigenvalue weighted by atomic mass is 9.83. The Kier molecular flexibility index (Phi) is 9.67. The molecular weight excluding hydrogens is 524 g/mol. The molecule has 2 aromatic rings. The number of aryl methyl sites for hydroxylation is 1. The highest BCUT2D eigenvalue weighted by Gasteiger charge is 2.55. The number of nitrogens with zero attached hydrogens (tertiary/aromatic N) is 2. The monoisotopic (exact) mass is 568 g/mol. The van der Waals surface area contributed by atoms with Gasteiger partial charge in [-0.15, -0.1) is 11.3 Å². The van der Waals surface area contributed by atoms with Crippen LogP contribution >= 0.6 is 11.3 Å². The SMILES string of the molecule is CCC(CC)C1(C(=O)NC(CC(C)C)C(=O)N2CC(O)CC2C(=O)NCc2ccc(-c3scnc3C)cc2)CC1. The van der Waals surface area contributed by atoms with Gasteiger partial charge >= 0.3 is 0 Å². The lowest BCUT2D eigenvalue weighted by molar-refractivity contribution is -0.143. The van der Waals surface area contributed by atoms with E-state index in [2.05, 4.69) is 29.5 Å². The zero-order valence-corrected chi connectivity index (χ0v) is 25.2. The van der Waals surface area contributed by atoms with Crippen LogP contribution in [0.25, 0.3) is 10.4 Å². The minimum absolute atomic E-state index is 0.0436. The molecule has 1 aliphatic carbocycles. The number of hydrogen-bond donors (Lipinski definition) is 3. The van der Waals surface area contributed by atoms with Crippen molar-refractivity contribution in [2.75, 3.05) is 6.54 Å². The molecule has 2 fully saturated rings. The zero-order chi connectivity index (χ0) is 29.0. The number of hydrogen-bond acceptors (Lipinski definition) is 6. The van der Waals surface area contributed by atoms with E-state index in [9.17, 15) is 19.5 Å². The van der Waals surface area contributed by atoms with Gasteiger partial charge in [-0.05, 0) is 49.1 Å². The van der Waals surface area contributed by atoms with Gasteiger partial charge in [0.25, 0.3) is 0 Å². The number of nitrogens with one attached hydrogen (secondary N) is 2. The van der Waals surface area contributed by atoms with Crippen molar-refractivity contribution in [3.05, 3.63) is 41.0 Å². The third kappa shape index (κ3) is 6.57. The first-order valence-electron chi connectivity index (χ1n) is 14.7. The molecule has 218 valence electrons. The van der Waals surface area contributed by atoms with Gasteiger partial charge in [0.2, 0.25) is 17.7 Å². The summed E-state index contributed by atoms with van der Waals surface area (Å²) < 4.78 is 0. The highest BCUT2D eigenvalue weighted by molar-refractivity contribution is 7.13. The van der Waals surface area contributed by atoms with Gasteiger partial charge in [0.05, 0.1) is 27.6 Å². The molecule has 1 aromatic heterocycles. The maximum atomic E-state index is 13.8. The molecule has 2 heterocycles. The first-order chi connectivity index (χ1) is 19.1. The van der Waals surface area contributed by atoms with Gasteiger partial charge in [-0.3, -0.25) is 14.4 Å². The predicted molar refractivity (Wildman–Crippen MR) is 157 cm³/mol. The maximum Gasteiger partial charge on any atom is 0.245 e. The number of carbonyl (C=O) groups excluding carboxylic acids is 3. The highest BCUT2D eigenvalue weighted by Crippen LogP contribution is 2.54. The Balaban J connectivity index is 1.41. The second-order valence-electron chi connectivity index (χ2n) is 11.9. The van der Waals surface area contributed by atoms with Crippen LogP contribution in [0.4, 0.5) is 0 Å². The molecule has 3 unspecified atom stereocenters. The van der Waals surface area contributed by atoms with E-state index in [0.717, 1.165) is 47.4 Å². The zero-order valence-electron chi connectivity index (χ0n) is 24.4. The van der Waals surface area contributed by atoms with E-state index < -0.39 is 18.2 Å². The van der Waals surface area contributed by atoms with Gasteiger partial charge in [-0.1, -0.05) is 64.8 Å². The van der Waals surface area contributed by atoms with Gasteiger partial charge in [0, 0.05) is 19.5 Å². The summed E-state index contributed by atoms with van der Waals surface area (Å²) >= 11 is 1.60. The standard InChI is InChI=1S/C31H44N4O4S/c1-6-23(7-2)31(12-13-31)30(39)34-25(14-19(3)4)29(38)35-17-24(36)15-26(35)28(37)32-16-21-8-10-22(11-9-21)27-20(5)33-18-40-27/h8-11,18-19,23-26,36H,6-7,12-17H2,1-5H3,(H,32,37)(H,34,39). The summed E-state index contributed by atoms with van der Waals surface area (Å²) in [5, 5.41) is 16.5. The number of likely N-dealkylation sites (tertiary alicyclic amines) is 1. The van der Waals surface area contributed by atoms with Gasteiger partial charge in [-0.25, -0.2) is 4.98 Å². The van der Waals surface area contributed by atoms with Gasteiger partial charge in [0.15, 0.2) is 0 Å². The number of aliphatic hydroxyl groups excluding tert-OH is 1. The topological polar surface area (TPSA) is 112 Å². The number of carbonyl (C=O) groups is 3. The van der Waals surface area contributed by atoms with Crippen LogP contribution < -0.4 is 10.6 Å². The summed E-state index contributed by atoms with van der Waals surface area (Å²) in [5.41, 5.74) is 4.47. The fourth-order valence-electron chi connectivity index (χ4n) is 6.19. The summed E-state index contributed by atoms with van der Waals surface area (Å²) in [6.45, 7) is 10.7. The highest BCUT2D eigenvalue weighted by atomic mass is 32.1. The van der Waals surface area contributed by atoms with Gasteiger partial charge in [0.1, 0.15) is 12.1 Å². The lowest BCUT2D eigenvalue weighted by Gasteiger charge is -2.31. The summed E-state index contributed by atoms with van der Waals surface area (Å²) in [6, 6.07) is 6.49. The van der Waals surface area contributed by atoms with Crippen molar-refractivity contribution in [3.8, 4) is 10.4 Å². The molecular formula is C31H44N4O4S. The average molecular weight is 569 g/mol. The van der Waals surface area contributed by atoms with E-state index in [1.54, 1.807) is 11.3 Å². The van der Waals surface area contributed by atoms with Crippen molar-refractivity contribution >= 4 is 29.1 Å². The Labute approximate surface area is 242 Å². The fourth-order valence-corrected chi connectivity index (χ4v) is 7.00. The Hall–Kier alpha value is -2.78.